The third kappa shape index (κ3) is 5.83. The Kier molecular flexibility index (Phi) is 6.29. The molecule has 0 unspecified atom stereocenters. The lowest BCUT2D eigenvalue weighted by Crippen LogP contribution is -2.20. The third-order valence-electron chi connectivity index (χ3n) is 2.92. The molecule has 5 heteroatoms. The molecule has 0 aliphatic heterocycles. The summed E-state index contributed by atoms with van der Waals surface area (Å²) in [4.78, 5) is 12.0. The second kappa shape index (κ2) is 8.44. The van der Waals surface area contributed by atoms with Gasteiger partial charge in [-0.15, -0.1) is 0 Å². The van der Waals surface area contributed by atoms with E-state index in [1.54, 1.807) is 30.3 Å². The molecule has 0 atom stereocenters. The fourth-order valence-electron chi connectivity index (χ4n) is 1.82. The smallest absolute Gasteiger partial charge is 0.262 e. The lowest BCUT2D eigenvalue weighted by Gasteiger charge is -2.14. The number of rotatable bonds is 7. The lowest BCUT2D eigenvalue weighted by atomic mass is 10.2. The number of amides is 1. The molecule has 1 N–H and O–H groups in total. The van der Waals surface area contributed by atoms with Crippen molar-refractivity contribution in [3.05, 3.63) is 53.6 Å². The van der Waals surface area contributed by atoms with Crippen molar-refractivity contribution in [3.8, 4) is 11.5 Å². The summed E-state index contributed by atoms with van der Waals surface area (Å²) in [6.07, 6.45) is 0. The highest BCUT2D eigenvalue weighted by Crippen LogP contribution is 2.24. The molecule has 0 aromatic heterocycles. The molecule has 2 rings (SSSR count). The minimum Gasteiger partial charge on any atom is -0.491 e. The van der Waals surface area contributed by atoms with Gasteiger partial charge in [0.05, 0.1) is 12.3 Å². The number of anilines is 1. The van der Waals surface area contributed by atoms with E-state index in [0.717, 1.165) is 0 Å². The monoisotopic (exact) mass is 333 g/mol. The van der Waals surface area contributed by atoms with Gasteiger partial charge in [-0.3, -0.25) is 4.79 Å². The van der Waals surface area contributed by atoms with Gasteiger partial charge >= 0.3 is 0 Å². The molecule has 0 bridgehead atoms. The Labute approximate surface area is 141 Å². The van der Waals surface area contributed by atoms with Crippen molar-refractivity contribution in [3.63, 3.8) is 0 Å². The van der Waals surface area contributed by atoms with E-state index in [4.69, 9.17) is 21.1 Å². The van der Waals surface area contributed by atoms with E-state index in [2.05, 4.69) is 19.2 Å². The van der Waals surface area contributed by atoms with Crippen molar-refractivity contribution in [1.82, 2.24) is 0 Å². The van der Waals surface area contributed by atoms with E-state index in [9.17, 15) is 4.79 Å². The molecule has 23 heavy (non-hydrogen) atoms. The first-order valence-electron chi connectivity index (χ1n) is 7.44. The van der Waals surface area contributed by atoms with Crippen molar-refractivity contribution in [2.75, 3.05) is 18.5 Å². The van der Waals surface area contributed by atoms with Crippen molar-refractivity contribution in [2.24, 2.45) is 5.92 Å². The average Bonchev–Trinajstić information content (AvgIpc) is 2.53. The van der Waals surface area contributed by atoms with Gasteiger partial charge in [0.1, 0.15) is 11.5 Å². The molecule has 0 radical (unpaired) electrons. The molecular formula is C18H20ClNO3. The zero-order valence-electron chi connectivity index (χ0n) is 13.2. The first kappa shape index (κ1) is 17.2. The molecule has 0 saturated carbocycles. The number of carbonyl (C=O) groups excluding carboxylic acids is 1. The van der Waals surface area contributed by atoms with Gasteiger partial charge in [0.2, 0.25) is 0 Å². The maximum absolute atomic E-state index is 12.0. The SMILES string of the molecule is CC(C)COc1ccccc1NC(=O)COc1ccc(Cl)cc1. The van der Waals surface area contributed by atoms with Gasteiger partial charge in [-0.2, -0.15) is 0 Å². The summed E-state index contributed by atoms with van der Waals surface area (Å²) in [6, 6.07) is 14.2. The van der Waals surface area contributed by atoms with E-state index < -0.39 is 0 Å². The van der Waals surface area contributed by atoms with Crippen molar-refractivity contribution < 1.29 is 14.3 Å². The molecule has 2 aromatic carbocycles. The summed E-state index contributed by atoms with van der Waals surface area (Å²) in [7, 11) is 0. The molecule has 0 saturated heterocycles. The summed E-state index contributed by atoms with van der Waals surface area (Å²) >= 11 is 5.80. The minimum atomic E-state index is -0.249. The molecule has 0 aliphatic rings. The fraction of sp³-hybridized carbons (Fsp3) is 0.278. The van der Waals surface area contributed by atoms with Crippen LogP contribution in [0.25, 0.3) is 0 Å². The highest BCUT2D eigenvalue weighted by molar-refractivity contribution is 6.30. The minimum absolute atomic E-state index is 0.0832. The summed E-state index contributed by atoms with van der Waals surface area (Å²) in [5, 5.41) is 3.42. The second-order valence-corrected chi connectivity index (χ2v) is 5.93. The third-order valence-corrected chi connectivity index (χ3v) is 3.17. The van der Waals surface area contributed by atoms with Gasteiger partial charge in [-0.1, -0.05) is 37.6 Å². The van der Waals surface area contributed by atoms with Gasteiger partial charge in [0, 0.05) is 5.02 Å². The molecular weight excluding hydrogens is 314 g/mol. The van der Waals surface area contributed by atoms with Gasteiger partial charge in [-0.25, -0.2) is 0 Å². The van der Waals surface area contributed by atoms with Crippen molar-refractivity contribution >= 4 is 23.2 Å². The Hall–Kier alpha value is -2.20. The number of benzene rings is 2. The van der Waals surface area contributed by atoms with Gasteiger partial charge in [0.15, 0.2) is 6.61 Å². The molecule has 2 aromatic rings. The first-order valence-corrected chi connectivity index (χ1v) is 7.82. The van der Waals surface area contributed by atoms with Crippen LogP contribution in [0.5, 0.6) is 11.5 Å². The van der Waals surface area contributed by atoms with Crippen molar-refractivity contribution in [1.29, 1.82) is 0 Å². The number of halogens is 1. The fourth-order valence-corrected chi connectivity index (χ4v) is 1.94. The number of para-hydroxylation sites is 2. The molecule has 122 valence electrons. The predicted molar refractivity (Wildman–Crippen MR) is 92.4 cm³/mol. The maximum atomic E-state index is 12.0. The first-order chi connectivity index (χ1) is 11.0. The van der Waals surface area contributed by atoms with Gasteiger partial charge in [0.25, 0.3) is 5.91 Å². The number of hydrogen-bond acceptors (Lipinski definition) is 3. The van der Waals surface area contributed by atoms with Crippen molar-refractivity contribution in [2.45, 2.75) is 13.8 Å². The molecule has 0 aliphatic carbocycles. The maximum Gasteiger partial charge on any atom is 0.262 e. The Morgan fingerprint density at radius 3 is 2.48 bits per heavy atom. The Morgan fingerprint density at radius 2 is 1.78 bits per heavy atom. The average molecular weight is 334 g/mol. The highest BCUT2D eigenvalue weighted by atomic mass is 35.5. The Morgan fingerprint density at radius 1 is 1.09 bits per heavy atom. The zero-order valence-corrected chi connectivity index (χ0v) is 14.0. The van der Waals surface area contributed by atoms with E-state index >= 15 is 0 Å². The van der Waals surface area contributed by atoms with Gasteiger partial charge in [-0.05, 0) is 42.3 Å². The number of hydrogen-bond donors (Lipinski definition) is 1. The molecule has 0 fully saturated rings. The molecule has 0 heterocycles. The van der Waals surface area contributed by atoms with Crippen LogP contribution in [0, 0.1) is 5.92 Å². The molecule has 4 nitrogen and oxygen atoms in total. The topological polar surface area (TPSA) is 47.6 Å². The van der Waals surface area contributed by atoms with E-state index in [1.807, 2.05) is 18.2 Å². The summed E-state index contributed by atoms with van der Waals surface area (Å²) in [5.41, 5.74) is 0.637. The van der Waals surface area contributed by atoms with E-state index in [1.165, 1.54) is 0 Å². The number of ether oxygens (including phenoxy) is 2. The number of carbonyl (C=O) groups is 1. The van der Waals surface area contributed by atoms with Crippen LogP contribution in [0.3, 0.4) is 0 Å². The molecule has 1 amide bonds. The largest absolute Gasteiger partial charge is 0.491 e. The Bertz CT molecular complexity index is 641. The van der Waals surface area contributed by atoms with Crippen LogP contribution < -0.4 is 14.8 Å². The van der Waals surface area contributed by atoms with Crippen LogP contribution in [0.15, 0.2) is 48.5 Å². The summed E-state index contributed by atoms with van der Waals surface area (Å²) < 4.78 is 11.1. The lowest BCUT2D eigenvalue weighted by molar-refractivity contribution is -0.118. The van der Waals surface area contributed by atoms with Crippen LogP contribution in [0.2, 0.25) is 5.02 Å². The van der Waals surface area contributed by atoms with Crippen LogP contribution in [-0.2, 0) is 4.79 Å². The van der Waals surface area contributed by atoms with Crippen LogP contribution >= 0.6 is 11.6 Å². The van der Waals surface area contributed by atoms with Crippen LogP contribution in [0.4, 0.5) is 5.69 Å². The van der Waals surface area contributed by atoms with Gasteiger partial charge < -0.3 is 14.8 Å². The predicted octanol–water partition coefficient (Wildman–Crippen LogP) is 4.39. The standard InChI is InChI=1S/C18H20ClNO3/c1-13(2)11-23-17-6-4-3-5-16(17)20-18(21)12-22-15-9-7-14(19)8-10-15/h3-10,13H,11-12H2,1-2H3,(H,20,21). The second-order valence-electron chi connectivity index (χ2n) is 5.49. The molecule has 0 spiro atoms. The Balaban J connectivity index is 1.90. The normalized spacial score (nSPS) is 10.4. The van der Waals surface area contributed by atoms with E-state index in [0.29, 0.717) is 34.7 Å². The summed E-state index contributed by atoms with van der Waals surface area (Å²) in [5.74, 6) is 1.41. The van der Waals surface area contributed by atoms with E-state index in [-0.39, 0.29) is 12.5 Å². The van der Waals surface area contributed by atoms with Crippen LogP contribution in [0.1, 0.15) is 13.8 Å². The quantitative estimate of drug-likeness (QED) is 0.817. The summed E-state index contributed by atoms with van der Waals surface area (Å²) in [6.45, 7) is 4.65. The van der Waals surface area contributed by atoms with Crippen LogP contribution in [-0.4, -0.2) is 19.1 Å². The number of nitrogens with one attached hydrogen (secondary N) is 1. The highest BCUT2D eigenvalue weighted by Gasteiger charge is 2.09. The zero-order chi connectivity index (χ0) is 16.7.